The fraction of sp³-hybridized carbons (Fsp3) is 0.286. The number of rotatable bonds is 7. The van der Waals surface area contributed by atoms with E-state index in [0.29, 0.717) is 0 Å². The molecule has 174 valence electrons. The first-order chi connectivity index (χ1) is 16.6. The first kappa shape index (κ1) is 22.7. The number of carbonyl (C=O) groups is 1. The lowest BCUT2D eigenvalue weighted by atomic mass is 10.0. The highest BCUT2D eigenvalue weighted by atomic mass is 32.2. The molecule has 5 nitrogen and oxygen atoms in total. The minimum absolute atomic E-state index is 0.0234. The summed E-state index contributed by atoms with van der Waals surface area (Å²) in [6.07, 6.45) is 6.02. The van der Waals surface area contributed by atoms with E-state index < -0.39 is 0 Å². The van der Waals surface area contributed by atoms with Crippen molar-refractivity contribution in [2.75, 3.05) is 13.1 Å². The van der Waals surface area contributed by atoms with Crippen LogP contribution in [0, 0.1) is 6.92 Å². The number of aryl methyl sites for hydroxylation is 1. The third-order valence-electron chi connectivity index (χ3n) is 6.33. The molecule has 2 aromatic carbocycles. The fourth-order valence-electron chi connectivity index (χ4n) is 4.56. The van der Waals surface area contributed by atoms with Crippen LogP contribution in [0.15, 0.2) is 84.0 Å². The van der Waals surface area contributed by atoms with Crippen LogP contribution in [0.3, 0.4) is 0 Å². The van der Waals surface area contributed by atoms with Gasteiger partial charge in [-0.05, 0) is 49.6 Å². The van der Waals surface area contributed by atoms with Gasteiger partial charge >= 0.3 is 0 Å². The van der Waals surface area contributed by atoms with E-state index in [9.17, 15) is 4.79 Å². The van der Waals surface area contributed by atoms with Gasteiger partial charge in [-0.15, -0.1) is 11.8 Å². The second-order valence-corrected chi connectivity index (χ2v) is 10.0. The lowest BCUT2D eigenvalue weighted by Crippen LogP contribution is -2.44. The number of likely N-dealkylation sites (tertiary alicyclic amines) is 1. The lowest BCUT2D eigenvalue weighted by Gasteiger charge is -2.32. The smallest absolute Gasteiger partial charge is 0.252 e. The van der Waals surface area contributed by atoms with Crippen LogP contribution in [-0.4, -0.2) is 39.3 Å². The highest BCUT2D eigenvalue weighted by molar-refractivity contribution is 7.98. The van der Waals surface area contributed by atoms with Crippen molar-refractivity contribution < 1.29 is 4.79 Å². The Bertz CT molecular complexity index is 1240. The highest BCUT2D eigenvalue weighted by Gasteiger charge is 2.22. The molecule has 0 saturated carbocycles. The van der Waals surface area contributed by atoms with Gasteiger partial charge < -0.3 is 9.72 Å². The number of thioether (sulfide) groups is 1. The first-order valence-corrected chi connectivity index (χ1v) is 12.9. The minimum Gasteiger partial charge on any atom is -0.349 e. The third-order valence-corrected chi connectivity index (χ3v) is 7.44. The predicted molar refractivity (Wildman–Crippen MR) is 138 cm³/mol. The van der Waals surface area contributed by atoms with Crippen LogP contribution < -0.4 is 5.32 Å². The van der Waals surface area contributed by atoms with E-state index in [-0.39, 0.29) is 11.9 Å². The number of imidazole rings is 1. The molecule has 4 aromatic rings. The molecule has 1 N–H and O–H groups in total. The van der Waals surface area contributed by atoms with Crippen molar-refractivity contribution in [2.45, 2.75) is 43.0 Å². The van der Waals surface area contributed by atoms with Gasteiger partial charge in [0, 0.05) is 48.7 Å². The molecule has 2 aromatic heterocycles. The standard InChI is InChI=1S/C28H30N4OS/c1-21-7-6-8-22(17-21)18-31-15-12-23(13-16-31)30-28(33)25-9-2-3-10-26(25)34-20-24-19-32-14-5-4-11-27(32)29-24/h2-11,14,17,19,23H,12-13,15-16,18,20H2,1H3,(H,30,33). The Balaban J connectivity index is 1.16. The summed E-state index contributed by atoms with van der Waals surface area (Å²) in [7, 11) is 0. The topological polar surface area (TPSA) is 49.6 Å². The summed E-state index contributed by atoms with van der Waals surface area (Å²) in [5.41, 5.74) is 5.36. The number of piperidine rings is 1. The number of benzene rings is 2. The summed E-state index contributed by atoms with van der Waals surface area (Å²) in [6, 6.07) is 22.8. The summed E-state index contributed by atoms with van der Waals surface area (Å²) in [5.74, 6) is 0.749. The third kappa shape index (κ3) is 5.51. The molecule has 0 unspecified atom stereocenters. The van der Waals surface area contributed by atoms with Gasteiger partial charge in [0.1, 0.15) is 5.65 Å². The van der Waals surface area contributed by atoms with Crippen LogP contribution in [0.25, 0.3) is 5.65 Å². The zero-order valence-corrected chi connectivity index (χ0v) is 20.3. The zero-order chi connectivity index (χ0) is 23.3. The molecule has 1 amide bonds. The molecule has 0 aliphatic carbocycles. The Hall–Kier alpha value is -3.09. The van der Waals surface area contributed by atoms with Crippen molar-refractivity contribution in [3.63, 3.8) is 0 Å². The maximum atomic E-state index is 13.1. The van der Waals surface area contributed by atoms with Crippen LogP contribution >= 0.6 is 11.8 Å². The van der Waals surface area contributed by atoms with Crippen LogP contribution in [0.1, 0.15) is 40.0 Å². The van der Waals surface area contributed by atoms with E-state index in [2.05, 4.69) is 52.6 Å². The molecule has 6 heteroatoms. The maximum Gasteiger partial charge on any atom is 0.252 e. The largest absolute Gasteiger partial charge is 0.349 e. The molecular weight excluding hydrogens is 440 g/mol. The van der Waals surface area contributed by atoms with Gasteiger partial charge in [-0.3, -0.25) is 9.69 Å². The van der Waals surface area contributed by atoms with Crippen LogP contribution in [0.5, 0.6) is 0 Å². The van der Waals surface area contributed by atoms with Gasteiger partial charge in [-0.1, -0.05) is 48.0 Å². The van der Waals surface area contributed by atoms with Crippen molar-refractivity contribution in [1.82, 2.24) is 19.6 Å². The summed E-state index contributed by atoms with van der Waals surface area (Å²) < 4.78 is 2.03. The van der Waals surface area contributed by atoms with Crippen LogP contribution in [-0.2, 0) is 12.3 Å². The van der Waals surface area contributed by atoms with Crippen molar-refractivity contribution in [3.8, 4) is 0 Å². The monoisotopic (exact) mass is 470 g/mol. The Labute approximate surface area is 205 Å². The molecule has 0 bridgehead atoms. The molecule has 5 rings (SSSR count). The quantitative estimate of drug-likeness (QED) is 0.371. The second kappa shape index (κ2) is 10.5. The molecular formula is C28H30N4OS. The molecule has 1 aliphatic heterocycles. The van der Waals surface area contributed by atoms with E-state index in [1.54, 1.807) is 11.8 Å². The average molecular weight is 471 g/mol. The van der Waals surface area contributed by atoms with Gasteiger partial charge in [-0.25, -0.2) is 4.98 Å². The number of amides is 1. The number of nitrogens with one attached hydrogen (secondary N) is 1. The van der Waals surface area contributed by atoms with Crippen molar-refractivity contribution in [1.29, 1.82) is 0 Å². The van der Waals surface area contributed by atoms with Crippen LogP contribution in [0.4, 0.5) is 0 Å². The van der Waals surface area contributed by atoms with E-state index in [4.69, 9.17) is 0 Å². The SMILES string of the molecule is Cc1cccc(CN2CCC(NC(=O)c3ccccc3SCc3cn4ccccc4n3)CC2)c1. The van der Waals surface area contributed by atoms with Gasteiger partial charge in [0.05, 0.1) is 11.3 Å². The number of fused-ring (bicyclic) bond motifs is 1. The van der Waals surface area contributed by atoms with E-state index >= 15 is 0 Å². The predicted octanol–water partition coefficient (Wildman–Crippen LogP) is 5.33. The van der Waals surface area contributed by atoms with Gasteiger partial charge in [-0.2, -0.15) is 0 Å². The fourth-order valence-corrected chi connectivity index (χ4v) is 5.49. The summed E-state index contributed by atoms with van der Waals surface area (Å²) in [4.78, 5) is 21.3. The Morgan fingerprint density at radius 1 is 1.06 bits per heavy atom. The average Bonchev–Trinajstić information content (AvgIpc) is 3.27. The first-order valence-electron chi connectivity index (χ1n) is 11.9. The van der Waals surface area contributed by atoms with Crippen molar-refractivity contribution >= 4 is 23.3 Å². The van der Waals surface area contributed by atoms with E-state index in [1.165, 1.54) is 11.1 Å². The Morgan fingerprint density at radius 2 is 1.88 bits per heavy atom. The van der Waals surface area contributed by atoms with Crippen LogP contribution in [0.2, 0.25) is 0 Å². The normalized spacial score (nSPS) is 15.0. The summed E-state index contributed by atoms with van der Waals surface area (Å²) >= 11 is 1.66. The lowest BCUT2D eigenvalue weighted by molar-refractivity contribution is 0.0906. The summed E-state index contributed by atoms with van der Waals surface area (Å²) in [6.45, 7) is 5.12. The van der Waals surface area contributed by atoms with E-state index in [0.717, 1.165) is 60.0 Å². The Morgan fingerprint density at radius 3 is 2.71 bits per heavy atom. The highest BCUT2D eigenvalue weighted by Crippen LogP contribution is 2.27. The summed E-state index contributed by atoms with van der Waals surface area (Å²) in [5, 5.41) is 3.29. The Kier molecular flexibility index (Phi) is 6.97. The number of pyridine rings is 1. The number of hydrogen-bond donors (Lipinski definition) is 1. The molecule has 0 radical (unpaired) electrons. The molecule has 34 heavy (non-hydrogen) atoms. The second-order valence-electron chi connectivity index (χ2n) is 9.00. The van der Waals surface area contributed by atoms with E-state index in [1.807, 2.05) is 53.1 Å². The number of nitrogens with zero attached hydrogens (tertiary/aromatic N) is 3. The van der Waals surface area contributed by atoms with Gasteiger partial charge in [0.25, 0.3) is 5.91 Å². The van der Waals surface area contributed by atoms with Gasteiger partial charge in [0.15, 0.2) is 0 Å². The molecule has 0 atom stereocenters. The van der Waals surface area contributed by atoms with Crippen molar-refractivity contribution in [3.05, 3.63) is 102 Å². The van der Waals surface area contributed by atoms with Gasteiger partial charge in [0.2, 0.25) is 0 Å². The number of aromatic nitrogens is 2. The van der Waals surface area contributed by atoms with Crippen molar-refractivity contribution in [2.24, 2.45) is 0 Å². The zero-order valence-electron chi connectivity index (χ0n) is 19.5. The molecule has 0 spiro atoms. The molecule has 1 fully saturated rings. The molecule has 1 aliphatic rings. The minimum atomic E-state index is 0.0234. The molecule has 3 heterocycles. The number of hydrogen-bond acceptors (Lipinski definition) is 4. The molecule has 1 saturated heterocycles. The maximum absolute atomic E-state index is 13.1. The number of carbonyl (C=O) groups excluding carboxylic acids is 1.